The number of hydrogen-bond donors (Lipinski definition) is 0. The number of hydrogen-bond acceptors (Lipinski definition) is 3. The Morgan fingerprint density at radius 3 is 2.55 bits per heavy atom. The fourth-order valence-corrected chi connectivity index (χ4v) is 5.39. The fourth-order valence-electron chi connectivity index (χ4n) is 3.63. The second-order valence-electron chi connectivity index (χ2n) is 7.74. The predicted octanol–water partition coefficient (Wildman–Crippen LogP) is 4.76. The average molecular weight is 458 g/mol. The molecule has 0 spiro atoms. The van der Waals surface area contributed by atoms with Crippen molar-refractivity contribution in [2.24, 2.45) is 0 Å². The molecule has 0 amide bonds. The van der Waals surface area contributed by atoms with Crippen LogP contribution in [0.1, 0.15) is 49.6 Å². The summed E-state index contributed by atoms with van der Waals surface area (Å²) in [4.78, 5) is 10.0. The van der Waals surface area contributed by atoms with Gasteiger partial charge < -0.3 is 0 Å². The molecular weight excluding hydrogens is 428 g/mol. The molecule has 4 nitrogen and oxygen atoms in total. The fraction of sp³-hybridized carbons (Fsp3) is 0.478. The van der Waals surface area contributed by atoms with Gasteiger partial charge in [-0.05, 0) is 0 Å². The van der Waals surface area contributed by atoms with E-state index in [0.29, 0.717) is 12.5 Å². The van der Waals surface area contributed by atoms with E-state index in [-0.39, 0.29) is 21.8 Å². The van der Waals surface area contributed by atoms with Gasteiger partial charge in [-0.1, -0.05) is 0 Å². The van der Waals surface area contributed by atoms with Crippen LogP contribution < -0.4 is 4.48 Å². The SMILES string of the molecule is CC[As]c1nc(C(C)C)ccc1-c1nc2c(C)cn([C@@H](CF)COC)c2cc1C. The number of methoxy groups -OCH3 is 1. The van der Waals surface area contributed by atoms with Gasteiger partial charge in [0.15, 0.2) is 0 Å². The number of aromatic nitrogens is 3. The molecule has 1 radical (unpaired) electrons. The summed E-state index contributed by atoms with van der Waals surface area (Å²) >= 11 is -0.000291. The van der Waals surface area contributed by atoms with Crippen molar-refractivity contribution in [3.8, 4) is 11.3 Å². The molecule has 0 aliphatic rings. The molecule has 6 heteroatoms. The van der Waals surface area contributed by atoms with Crippen LogP contribution in [0, 0.1) is 13.8 Å². The topological polar surface area (TPSA) is 39.9 Å². The van der Waals surface area contributed by atoms with Gasteiger partial charge in [-0.15, -0.1) is 0 Å². The molecule has 155 valence electrons. The van der Waals surface area contributed by atoms with E-state index in [1.807, 2.05) is 17.7 Å². The Bertz CT molecular complexity index is 999. The quantitative estimate of drug-likeness (QED) is 0.457. The zero-order valence-electron chi connectivity index (χ0n) is 18.2. The van der Waals surface area contributed by atoms with Crippen molar-refractivity contribution in [3.63, 3.8) is 0 Å². The van der Waals surface area contributed by atoms with Crippen LogP contribution in [0.5, 0.6) is 0 Å². The van der Waals surface area contributed by atoms with E-state index in [1.54, 1.807) is 7.11 Å². The van der Waals surface area contributed by atoms with Gasteiger partial charge in [0.25, 0.3) is 0 Å². The number of alkyl halides is 1. The summed E-state index contributed by atoms with van der Waals surface area (Å²) in [5.41, 5.74) is 7.29. The molecule has 0 saturated carbocycles. The third-order valence-electron chi connectivity index (χ3n) is 5.16. The molecule has 0 aliphatic carbocycles. The Morgan fingerprint density at radius 2 is 1.93 bits per heavy atom. The van der Waals surface area contributed by atoms with E-state index in [9.17, 15) is 4.39 Å². The standard InChI is InChI=1S/C23H30AsFN3O/c1-7-24-23-18(8-9-19(26-23)14(2)3)21-15(4)10-20-22(27-21)16(5)12-28(20)17(11-25)13-29-6/h8-10,12,14,17H,7,11,13H2,1-6H3/t17-/m0/s1. The first-order chi connectivity index (χ1) is 13.9. The summed E-state index contributed by atoms with van der Waals surface area (Å²) in [7, 11) is 1.61. The van der Waals surface area contributed by atoms with Crippen LogP contribution in [-0.2, 0) is 4.74 Å². The van der Waals surface area contributed by atoms with Crippen LogP contribution in [0.25, 0.3) is 22.3 Å². The van der Waals surface area contributed by atoms with Gasteiger partial charge in [0.1, 0.15) is 0 Å². The summed E-state index contributed by atoms with van der Waals surface area (Å²) in [6.45, 7) is 10.6. The van der Waals surface area contributed by atoms with E-state index < -0.39 is 6.67 Å². The minimum absolute atomic E-state index is 0.000291. The van der Waals surface area contributed by atoms with Crippen molar-refractivity contribution in [3.05, 3.63) is 41.2 Å². The number of ether oxygens (including phenoxy) is 1. The maximum absolute atomic E-state index is 13.6. The molecule has 0 bridgehead atoms. The summed E-state index contributed by atoms with van der Waals surface area (Å²) in [6.07, 6.45) is 1.99. The van der Waals surface area contributed by atoms with Gasteiger partial charge >= 0.3 is 180 Å². The van der Waals surface area contributed by atoms with Crippen molar-refractivity contribution in [2.45, 2.75) is 51.8 Å². The third kappa shape index (κ3) is 4.41. The van der Waals surface area contributed by atoms with Crippen molar-refractivity contribution in [1.82, 2.24) is 14.5 Å². The molecule has 0 aliphatic heterocycles. The van der Waals surface area contributed by atoms with Crippen LogP contribution in [0.4, 0.5) is 4.39 Å². The molecule has 0 aromatic carbocycles. The Labute approximate surface area is 179 Å². The first kappa shape index (κ1) is 22.0. The molecule has 0 N–H and O–H groups in total. The van der Waals surface area contributed by atoms with E-state index in [0.717, 1.165) is 44.3 Å². The zero-order chi connectivity index (χ0) is 21.1. The van der Waals surface area contributed by atoms with Gasteiger partial charge in [0.05, 0.1) is 0 Å². The Morgan fingerprint density at radius 1 is 1.17 bits per heavy atom. The van der Waals surface area contributed by atoms with Gasteiger partial charge in [0.2, 0.25) is 0 Å². The molecule has 3 rings (SSSR count). The normalized spacial score (nSPS) is 13.2. The maximum atomic E-state index is 13.6. The minimum atomic E-state index is -0.469. The number of aryl methyl sites for hydroxylation is 2. The molecule has 29 heavy (non-hydrogen) atoms. The number of pyridine rings is 2. The van der Waals surface area contributed by atoms with Crippen molar-refractivity contribution in [1.29, 1.82) is 0 Å². The molecule has 0 saturated heterocycles. The van der Waals surface area contributed by atoms with Gasteiger partial charge in [-0.3, -0.25) is 0 Å². The molecule has 3 heterocycles. The molecule has 1 atom stereocenters. The number of nitrogens with zero attached hydrogens (tertiary/aromatic N) is 3. The summed E-state index contributed by atoms with van der Waals surface area (Å²) < 4.78 is 22.0. The molecule has 0 unspecified atom stereocenters. The first-order valence-corrected chi connectivity index (χ1v) is 12.4. The second kappa shape index (κ2) is 9.40. The Balaban J connectivity index is 2.17. The molecular formula is C23H30AsFN3O. The summed E-state index contributed by atoms with van der Waals surface area (Å²) in [5.74, 6) is 0.409. The average Bonchev–Trinajstić information content (AvgIpc) is 3.01. The van der Waals surface area contributed by atoms with Gasteiger partial charge in [0, 0.05) is 0 Å². The number of rotatable bonds is 8. The summed E-state index contributed by atoms with van der Waals surface area (Å²) in [6, 6.07) is 6.11. The van der Waals surface area contributed by atoms with Crippen molar-refractivity contribution >= 4 is 31.3 Å². The molecule has 3 aromatic rings. The monoisotopic (exact) mass is 458 g/mol. The number of fused-ring (bicyclic) bond motifs is 1. The van der Waals surface area contributed by atoms with Crippen LogP contribution in [0.2, 0.25) is 5.21 Å². The predicted molar refractivity (Wildman–Crippen MR) is 119 cm³/mol. The van der Waals surface area contributed by atoms with Gasteiger partial charge in [-0.25, -0.2) is 0 Å². The van der Waals surface area contributed by atoms with Gasteiger partial charge in [-0.2, -0.15) is 0 Å². The third-order valence-corrected chi connectivity index (χ3v) is 7.17. The van der Waals surface area contributed by atoms with Crippen molar-refractivity contribution < 1.29 is 9.13 Å². The van der Waals surface area contributed by atoms with Crippen molar-refractivity contribution in [2.75, 3.05) is 20.4 Å². The van der Waals surface area contributed by atoms with E-state index >= 15 is 0 Å². The van der Waals surface area contributed by atoms with E-state index in [4.69, 9.17) is 14.7 Å². The Hall–Kier alpha value is -1.71. The van der Waals surface area contributed by atoms with E-state index in [1.165, 1.54) is 4.48 Å². The number of halogens is 1. The van der Waals surface area contributed by atoms with E-state index in [2.05, 4.69) is 45.9 Å². The summed E-state index contributed by atoms with van der Waals surface area (Å²) in [5, 5.41) is 1.13. The molecule has 3 aromatic heterocycles. The van der Waals surface area contributed by atoms with Crippen LogP contribution >= 0.6 is 0 Å². The van der Waals surface area contributed by atoms with Crippen LogP contribution in [0.3, 0.4) is 0 Å². The Kier molecular flexibility index (Phi) is 7.13. The second-order valence-corrected chi connectivity index (χ2v) is 10.6. The first-order valence-electron chi connectivity index (χ1n) is 10.1. The van der Waals surface area contributed by atoms with Crippen LogP contribution in [-0.4, -0.2) is 50.7 Å². The molecule has 0 fully saturated rings. The van der Waals surface area contributed by atoms with Crippen LogP contribution in [0.15, 0.2) is 24.4 Å². The zero-order valence-corrected chi connectivity index (χ0v) is 20.0.